The maximum atomic E-state index is 13.1. The van der Waals surface area contributed by atoms with Gasteiger partial charge >= 0.3 is 0 Å². The Morgan fingerprint density at radius 3 is 2.95 bits per heavy atom. The van der Waals surface area contributed by atoms with Gasteiger partial charge in [-0.05, 0) is 55.0 Å². The van der Waals surface area contributed by atoms with Gasteiger partial charge in [-0.3, -0.25) is 9.48 Å². The molecule has 1 fully saturated rings. The van der Waals surface area contributed by atoms with Crippen molar-refractivity contribution in [3.63, 3.8) is 0 Å². The molecule has 0 radical (unpaired) electrons. The molecule has 1 aliphatic carbocycles. The fraction of sp³-hybridized carbons (Fsp3) is 0.733. The Hall–Kier alpha value is -0.680. The predicted octanol–water partition coefficient (Wildman–Crippen LogP) is 3.83. The highest BCUT2D eigenvalue weighted by Gasteiger charge is 2.44. The van der Waals surface area contributed by atoms with Gasteiger partial charge in [0.1, 0.15) is 11.3 Å². The van der Waals surface area contributed by atoms with Crippen molar-refractivity contribution in [3.8, 4) is 0 Å². The van der Waals surface area contributed by atoms with Gasteiger partial charge in [-0.25, -0.2) is 0 Å². The van der Waals surface area contributed by atoms with Crippen LogP contribution in [0.3, 0.4) is 0 Å². The lowest BCUT2D eigenvalue weighted by molar-refractivity contribution is -0.0517. The van der Waals surface area contributed by atoms with Crippen molar-refractivity contribution in [2.45, 2.75) is 58.6 Å². The number of carbonyl (C=O) groups is 1. The van der Waals surface area contributed by atoms with Crippen LogP contribution in [-0.2, 0) is 11.3 Å². The standard InChI is InChI=1S/C15H23BrN2O2/c1-4-18-13(12(16)10-17-18)14(19)15(20-5-2)8-6-7-11(3)9-15/h10-11H,4-9H2,1-3H3. The molecule has 2 rings (SSSR count). The van der Waals surface area contributed by atoms with Gasteiger partial charge in [0, 0.05) is 13.2 Å². The summed E-state index contributed by atoms with van der Waals surface area (Å²) in [7, 11) is 0. The van der Waals surface area contributed by atoms with Crippen LogP contribution < -0.4 is 0 Å². The predicted molar refractivity (Wildman–Crippen MR) is 81.9 cm³/mol. The van der Waals surface area contributed by atoms with E-state index in [2.05, 4.69) is 28.0 Å². The van der Waals surface area contributed by atoms with Crippen molar-refractivity contribution in [3.05, 3.63) is 16.4 Å². The molecular formula is C15H23BrN2O2. The minimum atomic E-state index is -0.665. The van der Waals surface area contributed by atoms with Crippen molar-refractivity contribution in [1.82, 2.24) is 9.78 Å². The first-order valence-electron chi connectivity index (χ1n) is 7.44. The van der Waals surface area contributed by atoms with Crippen LogP contribution in [0.2, 0.25) is 0 Å². The van der Waals surface area contributed by atoms with E-state index in [9.17, 15) is 4.79 Å². The molecule has 1 aromatic heterocycles. The maximum Gasteiger partial charge on any atom is 0.213 e. The molecule has 5 heteroatoms. The molecule has 112 valence electrons. The number of nitrogens with zero attached hydrogens (tertiary/aromatic N) is 2. The molecule has 0 spiro atoms. The third kappa shape index (κ3) is 2.84. The summed E-state index contributed by atoms with van der Waals surface area (Å²) in [5.74, 6) is 0.605. The van der Waals surface area contributed by atoms with E-state index in [1.807, 2.05) is 13.8 Å². The quantitative estimate of drug-likeness (QED) is 0.763. The number of halogens is 1. The number of carbonyl (C=O) groups excluding carboxylic acids is 1. The molecule has 2 unspecified atom stereocenters. The van der Waals surface area contributed by atoms with Crippen LogP contribution in [0, 0.1) is 5.92 Å². The third-order valence-corrected chi connectivity index (χ3v) is 4.68. The molecular weight excluding hydrogens is 320 g/mol. The van der Waals surface area contributed by atoms with E-state index < -0.39 is 5.60 Å². The number of hydrogen-bond donors (Lipinski definition) is 0. The lowest BCUT2D eigenvalue weighted by atomic mass is 9.75. The normalized spacial score (nSPS) is 26.7. The molecule has 0 aromatic carbocycles. The van der Waals surface area contributed by atoms with Crippen LogP contribution in [0.5, 0.6) is 0 Å². The highest BCUT2D eigenvalue weighted by molar-refractivity contribution is 9.10. The molecule has 1 aromatic rings. The van der Waals surface area contributed by atoms with Crippen LogP contribution in [0.25, 0.3) is 0 Å². The van der Waals surface area contributed by atoms with E-state index >= 15 is 0 Å². The van der Waals surface area contributed by atoms with E-state index in [1.165, 1.54) is 6.42 Å². The van der Waals surface area contributed by atoms with Gasteiger partial charge < -0.3 is 4.74 Å². The van der Waals surface area contributed by atoms with Gasteiger partial charge in [0.25, 0.3) is 0 Å². The monoisotopic (exact) mass is 342 g/mol. The second-order valence-corrected chi connectivity index (χ2v) is 6.47. The van der Waals surface area contributed by atoms with Gasteiger partial charge in [-0.1, -0.05) is 13.3 Å². The molecule has 0 aliphatic heterocycles. The summed E-state index contributed by atoms with van der Waals surface area (Å²) in [6.07, 6.45) is 5.54. The molecule has 1 aliphatic rings. The summed E-state index contributed by atoms with van der Waals surface area (Å²) in [5.41, 5.74) is -0.0166. The third-order valence-electron chi connectivity index (χ3n) is 4.10. The molecule has 0 bridgehead atoms. The second-order valence-electron chi connectivity index (χ2n) is 5.61. The lowest BCUT2D eigenvalue weighted by Gasteiger charge is -2.38. The molecule has 0 saturated heterocycles. The van der Waals surface area contributed by atoms with E-state index in [1.54, 1.807) is 10.9 Å². The molecule has 1 saturated carbocycles. The highest BCUT2D eigenvalue weighted by Crippen LogP contribution is 2.38. The summed E-state index contributed by atoms with van der Waals surface area (Å²) in [6.45, 7) is 7.40. The zero-order chi connectivity index (χ0) is 14.8. The second kappa shape index (κ2) is 6.39. The summed E-state index contributed by atoms with van der Waals surface area (Å²) in [6, 6.07) is 0. The first-order valence-corrected chi connectivity index (χ1v) is 8.23. The molecule has 0 amide bonds. The minimum absolute atomic E-state index is 0.0807. The van der Waals surface area contributed by atoms with Crippen molar-refractivity contribution < 1.29 is 9.53 Å². The maximum absolute atomic E-state index is 13.1. The summed E-state index contributed by atoms with van der Waals surface area (Å²) in [4.78, 5) is 13.1. The molecule has 4 nitrogen and oxygen atoms in total. The van der Waals surface area contributed by atoms with Crippen LogP contribution in [-0.4, -0.2) is 27.8 Å². The fourth-order valence-electron chi connectivity index (χ4n) is 3.23. The number of Topliss-reactive ketones (excluding diaryl/α,β-unsaturated/α-hetero) is 1. The van der Waals surface area contributed by atoms with Crippen LogP contribution >= 0.6 is 15.9 Å². The topological polar surface area (TPSA) is 44.1 Å². The molecule has 0 N–H and O–H groups in total. The smallest absolute Gasteiger partial charge is 0.213 e. The Labute approximate surface area is 129 Å². The Kier molecular flexibility index (Phi) is 5.02. The Morgan fingerprint density at radius 1 is 1.60 bits per heavy atom. The SMILES string of the molecule is CCOC1(C(=O)c2c(Br)cnn2CC)CCCC(C)C1. The largest absolute Gasteiger partial charge is 0.367 e. The Morgan fingerprint density at radius 2 is 2.35 bits per heavy atom. The Bertz CT molecular complexity index is 482. The average Bonchev–Trinajstić information content (AvgIpc) is 2.79. The number of ether oxygens (including phenoxy) is 1. The van der Waals surface area contributed by atoms with Gasteiger partial charge in [0.2, 0.25) is 5.78 Å². The number of ketones is 1. The zero-order valence-corrected chi connectivity index (χ0v) is 14.1. The van der Waals surface area contributed by atoms with E-state index in [4.69, 9.17) is 4.74 Å². The minimum Gasteiger partial charge on any atom is -0.367 e. The van der Waals surface area contributed by atoms with Crippen molar-refractivity contribution in [2.75, 3.05) is 6.61 Å². The van der Waals surface area contributed by atoms with E-state index in [-0.39, 0.29) is 5.78 Å². The van der Waals surface area contributed by atoms with Crippen LogP contribution in [0.15, 0.2) is 10.7 Å². The van der Waals surface area contributed by atoms with E-state index in [0.29, 0.717) is 24.8 Å². The summed E-state index contributed by atoms with van der Waals surface area (Å²) < 4.78 is 8.49. The molecule has 20 heavy (non-hydrogen) atoms. The fourth-order valence-corrected chi connectivity index (χ4v) is 3.70. The first kappa shape index (κ1) is 15.7. The lowest BCUT2D eigenvalue weighted by Crippen LogP contribution is -2.46. The summed E-state index contributed by atoms with van der Waals surface area (Å²) in [5, 5.41) is 4.25. The highest BCUT2D eigenvalue weighted by atomic mass is 79.9. The molecule has 2 atom stereocenters. The van der Waals surface area contributed by atoms with Gasteiger partial charge in [0.15, 0.2) is 0 Å². The van der Waals surface area contributed by atoms with Crippen molar-refractivity contribution >= 4 is 21.7 Å². The number of hydrogen-bond acceptors (Lipinski definition) is 3. The average molecular weight is 343 g/mol. The van der Waals surface area contributed by atoms with Gasteiger partial charge in [0.05, 0.1) is 10.7 Å². The number of aromatic nitrogens is 2. The Balaban J connectivity index is 2.38. The van der Waals surface area contributed by atoms with Crippen LogP contribution in [0.1, 0.15) is 56.9 Å². The van der Waals surface area contributed by atoms with Gasteiger partial charge in [-0.2, -0.15) is 5.10 Å². The van der Waals surface area contributed by atoms with Crippen molar-refractivity contribution in [1.29, 1.82) is 0 Å². The number of rotatable bonds is 5. The van der Waals surface area contributed by atoms with Gasteiger partial charge in [-0.15, -0.1) is 0 Å². The van der Waals surface area contributed by atoms with Crippen LogP contribution in [0.4, 0.5) is 0 Å². The summed E-state index contributed by atoms with van der Waals surface area (Å²) >= 11 is 3.46. The first-order chi connectivity index (χ1) is 9.54. The molecule has 1 heterocycles. The van der Waals surface area contributed by atoms with Crippen molar-refractivity contribution in [2.24, 2.45) is 5.92 Å². The zero-order valence-electron chi connectivity index (χ0n) is 12.5. The van der Waals surface area contributed by atoms with E-state index in [0.717, 1.165) is 23.7 Å². The number of aryl methyl sites for hydroxylation is 1.